The van der Waals surface area contributed by atoms with Crippen LogP contribution in [0.1, 0.15) is 17.8 Å². The van der Waals surface area contributed by atoms with Crippen molar-refractivity contribution in [1.29, 1.82) is 0 Å². The van der Waals surface area contributed by atoms with Crippen LogP contribution in [0.25, 0.3) is 10.2 Å². The summed E-state index contributed by atoms with van der Waals surface area (Å²) in [6.07, 6.45) is 1.72. The standard InChI is InChI=1S/C13H16N2O2S/c16-9-3-8-14-12(17)6-7-13-15-10-4-1-2-5-11(10)18-13/h1-2,4-5,16H,3,6-9H2,(H,14,17). The molecule has 1 aromatic heterocycles. The van der Waals surface area contributed by atoms with Crippen LogP contribution in [0.2, 0.25) is 0 Å². The molecule has 0 saturated heterocycles. The highest BCUT2D eigenvalue weighted by Gasteiger charge is 2.06. The topological polar surface area (TPSA) is 62.2 Å². The van der Waals surface area contributed by atoms with E-state index in [1.165, 1.54) is 0 Å². The number of hydrogen-bond donors (Lipinski definition) is 2. The third-order valence-electron chi connectivity index (χ3n) is 2.56. The van der Waals surface area contributed by atoms with Gasteiger partial charge in [0, 0.05) is 26.0 Å². The van der Waals surface area contributed by atoms with E-state index in [2.05, 4.69) is 10.3 Å². The van der Waals surface area contributed by atoms with E-state index in [4.69, 9.17) is 5.11 Å². The second-order valence-electron chi connectivity index (χ2n) is 4.00. The predicted octanol–water partition coefficient (Wildman–Crippen LogP) is 1.73. The molecule has 1 heterocycles. The minimum Gasteiger partial charge on any atom is -0.396 e. The minimum absolute atomic E-state index is 0.0164. The Balaban J connectivity index is 1.84. The molecule has 96 valence electrons. The fourth-order valence-electron chi connectivity index (χ4n) is 1.64. The molecule has 0 spiro atoms. The molecular weight excluding hydrogens is 248 g/mol. The number of rotatable bonds is 6. The number of nitrogens with zero attached hydrogens (tertiary/aromatic N) is 1. The number of aliphatic hydroxyl groups is 1. The lowest BCUT2D eigenvalue weighted by molar-refractivity contribution is -0.121. The minimum atomic E-state index is 0.0164. The van der Waals surface area contributed by atoms with Crippen molar-refractivity contribution < 1.29 is 9.90 Å². The molecule has 0 atom stereocenters. The molecule has 1 amide bonds. The Morgan fingerprint density at radius 1 is 1.39 bits per heavy atom. The van der Waals surface area contributed by atoms with Crippen LogP contribution in [0.15, 0.2) is 24.3 Å². The number of amides is 1. The van der Waals surface area contributed by atoms with Crippen molar-refractivity contribution in [1.82, 2.24) is 10.3 Å². The molecule has 2 rings (SSSR count). The molecule has 2 N–H and O–H groups in total. The van der Waals surface area contributed by atoms with E-state index < -0.39 is 0 Å². The van der Waals surface area contributed by atoms with E-state index in [-0.39, 0.29) is 12.5 Å². The molecule has 0 saturated carbocycles. The first-order valence-electron chi connectivity index (χ1n) is 6.01. The zero-order valence-electron chi connectivity index (χ0n) is 10.1. The Morgan fingerprint density at radius 3 is 3.00 bits per heavy atom. The first-order chi connectivity index (χ1) is 8.79. The molecule has 0 aliphatic rings. The van der Waals surface area contributed by atoms with Crippen molar-refractivity contribution in [2.24, 2.45) is 0 Å². The molecule has 18 heavy (non-hydrogen) atoms. The lowest BCUT2D eigenvalue weighted by Crippen LogP contribution is -2.25. The van der Waals surface area contributed by atoms with Crippen LogP contribution in [0.3, 0.4) is 0 Å². The summed E-state index contributed by atoms with van der Waals surface area (Å²) in [5, 5.41) is 12.4. The van der Waals surface area contributed by atoms with Crippen LogP contribution in [-0.4, -0.2) is 29.1 Å². The number of para-hydroxylation sites is 1. The number of aryl methyl sites for hydroxylation is 1. The molecule has 0 fully saturated rings. The van der Waals surface area contributed by atoms with Gasteiger partial charge in [-0.25, -0.2) is 4.98 Å². The summed E-state index contributed by atoms with van der Waals surface area (Å²) in [5.41, 5.74) is 0.998. The normalized spacial score (nSPS) is 10.7. The van der Waals surface area contributed by atoms with Crippen LogP contribution in [0.5, 0.6) is 0 Å². The van der Waals surface area contributed by atoms with E-state index in [0.717, 1.165) is 15.2 Å². The predicted molar refractivity (Wildman–Crippen MR) is 72.7 cm³/mol. The molecule has 0 aliphatic heterocycles. The van der Waals surface area contributed by atoms with Crippen molar-refractivity contribution in [3.63, 3.8) is 0 Å². The molecule has 0 aliphatic carbocycles. The molecule has 4 nitrogen and oxygen atoms in total. The maximum atomic E-state index is 11.5. The number of hydrogen-bond acceptors (Lipinski definition) is 4. The van der Waals surface area contributed by atoms with Crippen molar-refractivity contribution in [3.8, 4) is 0 Å². The van der Waals surface area contributed by atoms with Gasteiger partial charge in [-0.05, 0) is 18.6 Å². The van der Waals surface area contributed by atoms with E-state index >= 15 is 0 Å². The lowest BCUT2D eigenvalue weighted by Gasteiger charge is -2.02. The highest BCUT2D eigenvalue weighted by atomic mass is 32.1. The van der Waals surface area contributed by atoms with Crippen molar-refractivity contribution in [2.45, 2.75) is 19.3 Å². The summed E-state index contributed by atoms with van der Waals surface area (Å²) in [6, 6.07) is 7.98. The van der Waals surface area contributed by atoms with Crippen molar-refractivity contribution in [2.75, 3.05) is 13.2 Å². The van der Waals surface area contributed by atoms with E-state index in [1.807, 2.05) is 24.3 Å². The van der Waals surface area contributed by atoms with Crippen molar-refractivity contribution >= 4 is 27.5 Å². The molecule has 0 unspecified atom stereocenters. The van der Waals surface area contributed by atoms with Crippen LogP contribution >= 0.6 is 11.3 Å². The highest BCUT2D eigenvalue weighted by Crippen LogP contribution is 2.22. The fraction of sp³-hybridized carbons (Fsp3) is 0.385. The molecule has 2 aromatic rings. The monoisotopic (exact) mass is 264 g/mol. The quantitative estimate of drug-likeness (QED) is 0.781. The first-order valence-corrected chi connectivity index (χ1v) is 6.83. The number of fused-ring (bicyclic) bond motifs is 1. The smallest absolute Gasteiger partial charge is 0.220 e. The third-order valence-corrected chi connectivity index (χ3v) is 3.66. The van der Waals surface area contributed by atoms with E-state index in [1.54, 1.807) is 11.3 Å². The van der Waals surface area contributed by atoms with Gasteiger partial charge in [0.2, 0.25) is 5.91 Å². The highest BCUT2D eigenvalue weighted by molar-refractivity contribution is 7.18. The Morgan fingerprint density at radius 2 is 2.22 bits per heavy atom. The summed E-state index contributed by atoms with van der Waals surface area (Å²) in [4.78, 5) is 16.0. The molecule has 0 radical (unpaired) electrons. The second-order valence-corrected chi connectivity index (χ2v) is 5.12. The Hall–Kier alpha value is -1.46. The molecule has 0 bridgehead atoms. The Bertz CT molecular complexity index is 491. The zero-order valence-corrected chi connectivity index (χ0v) is 10.9. The summed E-state index contributed by atoms with van der Waals surface area (Å²) in [6.45, 7) is 0.646. The Labute approximate surface area is 110 Å². The first kappa shape index (κ1) is 13.0. The number of carbonyl (C=O) groups excluding carboxylic acids is 1. The number of aromatic nitrogens is 1. The van der Waals surface area contributed by atoms with Gasteiger partial charge in [-0.2, -0.15) is 0 Å². The fourth-order valence-corrected chi connectivity index (χ4v) is 2.61. The number of nitrogens with one attached hydrogen (secondary N) is 1. The average Bonchev–Trinajstić information content (AvgIpc) is 2.79. The van der Waals surface area contributed by atoms with Gasteiger partial charge in [0.25, 0.3) is 0 Å². The van der Waals surface area contributed by atoms with Crippen LogP contribution in [-0.2, 0) is 11.2 Å². The number of carbonyl (C=O) groups is 1. The van der Waals surface area contributed by atoms with Gasteiger partial charge in [0.05, 0.1) is 15.2 Å². The largest absolute Gasteiger partial charge is 0.396 e. The van der Waals surface area contributed by atoms with Gasteiger partial charge in [-0.15, -0.1) is 11.3 Å². The average molecular weight is 264 g/mol. The summed E-state index contributed by atoms with van der Waals surface area (Å²) >= 11 is 1.64. The van der Waals surface area contributed by atoms with E-state index in [9.17, 15) is 4.79 Å². The lowest BCUT2D eigenvalue weighted by atomic mass is 10.3. The van der Waals surface area contributed by atoms with Crippen LogP contribution in [0.4, 0.5) is 0 Å². The number of aliphatic hydroxyl groups excluding tert-OH is 1. The van der Waals surface area contributed by atoms with Gasteiger partial charge in [-0.3, -0.25) is 4.79 Å². The van der Waals surface area contributed by atoms with Gasteiger partial charge >= 0.3 is 0 Å². The Kier molecular flexibility index (Phi) is 4.66. The van der Waals surface area contributed by atoms with Crippen LogP contribution in [0, 0.1) is 0 Å². The maximum absolute atomic E-state index is 11.5. The molecule has 5 heteroatoms. The molecule has 1 aromatic carbocycles. The van der Waals surface area contributed by atoms with Gasteiger partial charge in [0.15, 0.2) is 0 Å². The molecular formula is C13H16N2O2S. The van der Waals surface area contributed by atoms with Crippen LogP contribution < -0.4 is 5.32 Å². The van der Waals surface area contributed by atoms with Gasteiger partial charge in [0.1, 0.15) is 0 Å². The summed E-state index contributed by atoms with van der Waals surface area (Å²) in [7, 11) is 0. The summed E-state index contributed by atoms with van der Waals surface area (Å²) in [5.74, 6) is 0.0164. The second kappa shape index (κ2) is 6.47. The number of benzene rings is 1. The van der Waals surface area contributed by atoms with Gasteiger partial charge in [-0.1, -0.05) is 12.1 Å². The van der Waals surface area contributed by atoms with E-state index in [0.29, 0.717) is 25.8 Å². The SMILES string of the molecule is O=C(CCc1nc2ccccc2s1)NCCCO. The maximum Gasteiger partial charge on any atom is 0.220 e. The zero-order chi connectivity index (χ0) is 12.8. The van der Waals surface area contributed by atoms with Gasteiger partial charge < -0.3 is 10.4 Å². The van der Waals surface area contributed by atoms with Crippen molar-refractivity contribution in [3.05, 3.63) is 29.3 Å². The number of thiazole rings is 1. The summed E-state index contributed by atoms with van der Waals surface area (Å²) < 4.78 is 1.16. The third kappa shape index (κ3) is 3.51.